The number of alkyl halides is 4. The summed E-state index contributed by atoms with van der Waals surface area (Å²) in [6.45, 7) is 1.16. The lowest BCUT2D eigenvalue weighted by molar-refractivity contribution is -0.135. The zero-order valence-corrected chi connectivity index (χ0v) is 8.07. The third-order valence-corrected chi connectivity index (χ3v) is 3.22. The molecule has 0 heterocycles. The van der Waals surface area contributed by atoms with Crippen molar-refractivity contribution >= 4 is 31.0 Å². The normalized spacial score (nSPS) is 14.5. The van der Waals surface area contributed by atoms with E-state index in [2.05, 4.69) is 4.51 Å². The maximum absolute atomic E-state index is 11.9. The summed E-state index contributed by atoms with van der Waals surface area (Å²) in [6.07, 6.45) is -4.64. The third-order valence-electron chi connectivity index (χ3n) is 1.01. The molecule has 0 aliphatic heterocycles. The Hall–Kier alpha value is 0.0600. The monoisotopic (exact) mass is 280 g/mol. The van der Waals surface area contributed by atoms with E-state index in [0.29, 0.717) is 0 Å². The lowest BCUT2D eigenvalue weighted by Crippen LogP contribution is -2.25. The van der Waals surface area contributed by atoms with Gasteiger partial charge in [-0.2, -0.15) is 13.2 Å². The molecule has 0 aliphatic rings. The molecule has 0 spiro atoms. The molecule has 1 atom stereocenters. The van der Waals surface area contributed by atoms with Crippen molar-refractivity contribution in [3.8, 4) is 0 Å². The van der Waals surface area contributed by atoms with Gasteiger partial charge in [0.25, 0.3) is 0 Å². The molecule has 0 fully saturated rings. The summed E-state index contributed by atoms with van der Waals surface area (Å²) in [6, 6.07) is 0. The number of ketones is 1. The molecule has 0 saturated heterocycles. The summed E-state index contributed by atoms with van der Waals surface area (Å²) in [4.78, 5) is 10.3. The largest absolute Gasteiger partial charge is 0.400 e. The average Bonchev–Trinajstić information content (AvgIpc) is 1.79. The molecular weight excluding hydrogens is 272 g/mol. The molecule has 0 aromatic carbocycles. The van der Waals surface area contributed by atoms with Crippen molar-refractivity contribution in [1.82, 2.24) is 0 Å². The minimum atomic E-state index is -4.24. The lowest BCUT2D eigenvalue weighted by Gasteiger charge is -2.13. The Morgan fingerprint density at radius 3 is 2.18 bits per heavy atom. The number of rotatable bonds is 3. The Morgan fingerprint density at radius 2 is 2.09 bits per heavy atom. The van der Waals surface area contributed by atoms with E-state index in [0.717, 1.165) is 6.92 Å². The van der Waals surface area contributed by atoms with Gasteiger partial charge in [0.05, 0.1) is 0 Å². The second-order valence-corrected chi connectivity index (χ2v) is 4.45. The van der Waals surface area contributed by atoms with Gasteiger partial charge in [-0.3, -0.25) is 4.79 Å². The Bertz CT molecular complexity index is 164. The molecule has 0 aliphatic carbocycles. The Balaban J connectivity index is 4.18. The molecule has 0 amide bonds. The number of carbonyl (C=O) groups is 1. The van der Waals surface area contributed by atoms with Crippen molar-refractivity contribution in [2.75, 3.05) is 0 Å². The van der Waals surface area contributed by atoms with Crippen molar-refractivity contribution in [2.24, 2.45) is 0 Å². The maximum atomic E-state index is 11.9. The first kappa shape index (κ1) is 11.1. The molecule has 0 aromatic heterocycles. The molecule has 0 N–H and O–H groups in total. The average molecular weight is 280 g/mol. The number of hydrogen-bond donors (Lipinski definition) is 0. The van der Waals surface area contributed by atoms with Crippen LogP contribution in [0, 0.1) is 0 Å². The summed E-state index contributed by atoms with van der Waals surface area (Å²) < 4.78 is 37.5. The molecule has 1 nitrogen and oxygen atoms in total. The zero-order chi connectivity index (χ0) is 9.07. The molecule has 0 radical (unpaired) electrons. The fourth-order valence-corrected chi connectivity index (χ4v) is 1.94. The molecular formula is C6H8F3IO. The summed E-state index contributed by atoms with van der Waals surface area (Å²) in [5.74, 6) is -0.421. The molecule has 5 heteroatoms. The van der Waals surface area contributed by atoms with Crippen molar-refractivity contribution in [3.05, 3.63) is 0 Å². The van der Waals surface area contributed by atoms with Crippen LogP contribution in [-0.4, -0.2) is 20.4 Å². The van der Waals surface area contributed by atoms with Gasteiger partial charge in [0.15, 0.2) is 0 Å². The van der Waals surface area contributed by atoms with Crippen LogP contribution in [0.2, 0.25) is 0 Å². The Labute approximate surface area is 72.7 Å². The van der Waals surface area contributed by atoms with Gasteiger partial charge >= 0.3 is 6.18 Å². The van der Waals surface area contributed by atoms with Crippen molar-refractivity contribution in [2.45, 2.75) is 23.4 Å². The Kier molecular flexibility index (Phi) is 4.20. The summed E-state index contributed by atoms with van der Waals surface area (Å²) in [5, 5.41) is 0. The van der Waals surface area contributed by atoms with Crippen LogP contribution in [0.3, 0.4) is 0 Å². The first-order chi connectivity index (χ1) is 4.88. The van der Waals surface area contributed by atoms with E-state index in [1.807, 2.05) is 0 Å². The standard InChI is InChI=1S/C6H8F3IO/c1-4(11)3-5(10-2)6(7,8)9/h5H,2-3H2,1H3/t5-/m0/s1. The number of carbonyl (C=O) groups excluding carboxylic acids is 1. The van der Waals surface area contributed by atoms with Crippen LogP contribution >= 0.6 is 20.7 Å². The predicted molar refractivity (Wildman–Crippen MR) is 46.3 cm³/mol. The highest BCUT2D eigenvalue weighted by Crippen LogP contribution is 2.31. The molecule has 66 valence electrons. The van der Waals surface area contributed by atoms with Gasteiger partial charge in [-0.1, -0.05) is 4.51 Å². The van der Waals surface area contributed by atoms with Crippen LogP contribution in [0.5, 0.6) is 0 Å². The highest BCUT2D eigenvalue weighted by Gasteiger charge is 2.38. The van der Waals surface area contributed by atoms with Crippen molar-refractivity contribution in [1.29, 1.82) is 0 Å². The first-order valence-corrected chi connectivity index (χ1v) is 5.58. The number of Topliss-reactive ketones (excluding diaryl/α,β-unsaturated/α-hetero) is 1. The van der Waals surface area contributed by atoms with Gasteiger partial charge in [0, 0.05) is 6.42 Å². The minimum absolute atomic E-state index is 0.403. The summed E-state index contributed by atoms with van der Waals surface area (Å²) >= 11 is -1.18. The predicted octanol–water partition coefficient (Wildman–Crippen LogP) is 2.30. The van der Waals surface area contributed by atoms with E-state index < -0.39 is 43.0 Å². The van der Waals surface area contributed by atoms with Crippen molar-refractivity contribution in [3.63, 3.8) is 0 Å². The highest BCUT2D eigenvalue weighted by molar-refractivity contribution is 14.2. The first-order valence-electron chi connectivity index (χ1n) is 2.81. The van der Waals surface area contributed by atoms with Crippen LogP contribution in [-0.2, 0) is 4.79 Å². The van der Waals surface area contributed by atoms with E-state index in [1.54, 1.807) is 0 Å². The summed E-state index contributed by atoms with van der Waals surface area (Å²) in [7, 11) is 0. The smallest absolute Gasteiger partial charge is 0.300 e. The molecule has 0 unspecified atom stereocenters. The van der Waals surface area contributed by atoms with Gasteiger partial charge in [0.2, 0.25) is 0 Å². The van der Waals surface area contributed by atoms with Crippen LogP contribution in [0.15, 0.2) is 0 Å². The van der Waals surface area contributed by atoms with Gasteiger partial charge in [0.1, 0.15) is 9.71 Å². The molecule has 0 aromatic rings. The molecule has 11 heavy (non-hydrogen) atoms. The van der Waals surface area contributed by atoms with Crippen LogP contribution in [0.4, 0.5) is 13.2 Å². The van der Waals surface area contributed by atoms with Gasteiger partial charge in [-0.25, -0.2) is 0 Å². The fraction of sp³-hybridized carbons (Fsp3) is 0.667. The second-order valence-electron chi connectivity index (χ2n) is 2.07. The third kappa shape index (κ3) is 4.49. The highest BCUT2D eigenvalue weighted by atomic mass is 127. The summed E-state index contributed by atoms with van der Waals surface area (Å²) in [5.41, 5.74) is 0. The maximum Gasteiger partial charge on any atom is 0.400 e. The van der Waals surface area contributed by atoms with Crippen LogP contribution < -0.4 is 0 Å². The topological polar surface area (TPSA) is 17.1 Å². The molecule has 0 bridgehead atoms. The van der Waals surface area contributed by atoms with E-state index in [-0.39, 0.29) is 0 Å². The van der Waals surface area contributed by atoms with Gasteiger partial charge < -0.3 is 0 Å². The Morgan fingerprint density at radius 1 is 1.64 bits per heavy atom. The van der Waals surface area contributed by atoms with Gasteiger partial charge in [-0.05, 0) is 6.92 Å². The van der Waals surface area contributed by atoms with Crippen molar-refractivity contribution < 1.29 is 18.0 Å². The minimum Gasteiger partial charge on any atom is -0.300 e. The van der Waals surface area contributed by atoms with Crippen LogP contribution in [0.1, 0.15) is 13.3 Å². The van der Waals surface area contributed by atoms with E-state index in [9.17, 15) is 18.0 Å². The van der Waals surface area contributed by atoms with E-state index >= 15 is 0 Å². The van der Waals surface area contributed by atoms with Gasteiger partial charge in [-0.15, -0.1) is 20.7 Å². The van der Waals surface area contributed by atoms with Crippen LogP contribution in [0.25, 0.3) is 0 Å². The fourth-order valence-electron chi connectivity index (χ4n) is 0.510. The van der Waals surface area contributed by atoms with E-state index in [4.69, 9.17) is 0 Å². The molecule has 0 saturated carbocycles. The lowest BCUT2D eigenvalue weighted by atomic mass is 10.2. The SMILES string of the molecule is C=I[C@@H](CC(C)=O)C(F)(F)F. The molecule has 0 rings (SSSR count). The second kappa shape index (κ2) is 4.18. The number of halogens is 4. The van der Waals surface area contributed by atoms with E-state index in [1.165, 1.54) is 0 Å². The quantitative estimate of drug-likeness (QED) is 0.572. The number of hydrogen-bond acceptors (Lipinski definition) is 1. The zero-order valence-electron chi connectivity index (χ0n) is 5.91.